The third-order valence-corrected chi connectivity index (χ3v) is 6.12. The molecule has 1 aliphatic heterocycles. The number of nitrogens with one attached hydrogen (secondary N) is 1. The van der Waals surface area contributed by atoms with Gasteiger partial charge in [0.15, 0.2) is 0 Å². The van der Waals surface area contributed by atoms with Gasteiger partial charge in [-0.05, 0) is 49.6 Å². The van der Waals surface area contributed by atoms with Crippen LogP contribution in [0.25, 0.3) is 0 Å². The molecule has 0 radical (unpaired) electrons. The summed E-state index contributed by atoms with van der Waals surface area (Å²) in [6, 6.07) is 8.02. The fraction of sp³-hybridized carbons (Fsp3) is 0.389. The smallest absolute Gasteiger partial charge is 0.370 e. The maximum Gasteiger partial charge on any atom is 0.501 e. The molecule has 0 saturated carbocycles. The van der Waals surface area contributed by atoms with E-state index < -0.39 is 26.1 Å². The number of nitrogens with zero attached hydrogens (tertiary/aromatic N) is 2. The molecule has 1 saturated heterocycles. The Kier molecular flexibility index (Phi) is 5.51. The van der Waals surface area contributed by atoms with Gasteiger partial charge >= 0.3 is 5.51 Å². The van der Waals surface area contributed by atoms with Crippen LogP contribution < -0.4 is 10.2 Å². The highest BCUT2D eigenvalue weighted by Gasteiger charge is 2.48. The Morgan fingerprint density at radius 1 is 1.25 bits per heavy atom. The van der Waals surface area contributed by atoms with Gasteiger partial charge < -0.3 is 10.2 Å². The first-order valence-corrected chi connectivity index (χ1v) is 10.1. The number of hydrogen-bond acceptors (Lipinski definition) is 5. The van der Waals surface area contributed by atoms with Crippen molar-refractivity contribution < 1.29 is 26.0 Å². The highest BCUT2D eigenvalue weighted by molar-refractivity contribution is 7.92. The van der Waals surface area contributed by atoms with Gasteiger partial charge in [-0.25, -0.2) is 17.8 Å². The Bertz CT molecular complexity index is 964. The SMILES string of the molecule is Cc1cccc(NCC2CCN(c3ccc(F)cc3S(=O)(=O)C(F)(F)F)C2)n1. The van der Waals surface area contributed by atoms with E-state index in [1.165, 1.54) is 0 Å². The van der Waals surface area contributed by atoms with Crippen LogP contribution in [-0.4, -0.2) is 38.5 Å². The number of sulfone groups is 1. The summed E-state index contributed by atoms with van der Waals surface area (Å²) < 4.78 is 76.2. The van der Waals surface area contributed by atoms with Crippen molar-refractivity contribution in [1.29, 1.82) is 0 Å². The highest BCUT2D eigenvalue weighted by atomic mass is 32.2. The van der Waals surface area contributed by atoms with Crippen molar-refractivity contribution in [3.8, 4) is 0 Å². The molecule has 1 N–H and O–H groups in total. The molecule has 2 aromatic rings. The van der Waals surface area contributed by atoms with Crippen molar-refractivity contribution >= 4 is 21.3 Å². The van der Waals surface area contributed by atoms with Crippen molar-refractivity contribution in [2.24, 2.45) is 5.92 Å². The average molecular weight is 417 g/mol. The zero-order valence-electron chi connectivity index (χ0n) is 15.0. The van der Waals surface area contributed by atoms with Gasteiger partial charge in [0.25, 0.3) is 9.84 Å². The Morgan fingerprint density at radius 2 is 2.00 bits per heavy atom. The van der Waals surface area contributed by atoms with Crippen LogP contribution in [0.15, 0.2) is 41.3 Å². The van der Waals surface area contributed by atoms with E-state index in [0.29, 0.717) is 37.9 Å². The molecule has 2 heterocycles. The van der Waals surface area contributed by atoms with Crippen LogP contribution in [0.2, 0.25) is 0 Å². The second-order valence-electron chi connectivity index (χ2n) is 6.71. The van der Waals surface area contributed by atoms with Crippen LogP contribution >= 0.6 is 0 Å². The van der Waals surface area contributed by atoms with Gasteiger partial charge in [0.2, 0.25) is 0 Å². The van der Waals surface area contributed by atoms with Crippen LogP contribution in [0.1, 0.15) is 12.1 Å². The van der Waals surface area contributed by atoms with Gasteiger partial charge in [0.05, 0.1) is 5.69 Å². The van der Waals surface area contributed by atoms with E-state index in [4.69, 9.17) is 0 Å². The summed E-state index contributed by atoms with van der Waals surface area (Å²) in [6.07, 6.45) is 0.654. The van der Waals surface area contributed by atoms with E-state index in [-0.39, 0.29) is 11.6 Å². The summed E-state index contributed by atoms with van der Waals surface area (Å²) in [7, 11) is -5.65. The number of benzene rings is 1. The Hall–Kier alpha value is -2.36. The van der Waals surface area contributed by atoms with Crippen molar-refractivity contribution in [3.63, 3.8) is 0 Å². The standard InChI is InChI=1S/C18H19F4N3O2S/c1-12-3-2-4-17(24-12)23-10-13-7-8-25(11-13)15-6-5-14(19)9-16(15)28(26,27)18(20,21)22/h2-6,9,13H,7-8,10-11H2,1H3,(H,23,24). The maximum atomic E-state index is 13.5. The number of pyridine rings is 1. The molecule has 1 fully saturated rings. The van der Waals surface area contributed by atoms with E-state index in [9.17, 15) is 26.0 Å². The number of anilines is 2. The normalized spacial score (nSPS) is 17.8. The first-order valence-electron chi connectivity index (χ1n) is 8.61. The third-order valence-electron chi connectivity index (χ3n) is 4.60. The van der Waals surface area contributed by atoms with Gasteiger partial charge in [0, 0.05) is 25.3 Å². The second kappa shape index (κ2) is 7.57. The fourth-order valence-electron chi connectivity index (χ4n) is 3.20. The predicted molar refractivity (Wildman–Crippen MR) is 97.4 cm³/mol. The minimum Gasteiger partial charge on any atom is -0.370 e. The Balaban J connectivity index is 1.77. The summed E-state index contributed by atoms with van der Waals surface area (Å²) >= 11 is 0. The van der Waals surface area contributed by atoms with Crippen LogP contribution in [0, 0.1) is 18.7 Å². The highest BCUT2D eigenvalue weighted by Crippen LogP contribution is 2.38. The molecule has 0 amide bonds. The van der Waals surface area contributed by atoms with E-state index in [1.807, 2.05) is 25.1 Å². The lowest BCUT2D eigenvalue weighted by atomic mass is 10.1. The minimum atomic E-state index is -5.65. The van der Waals surface area contributed by atoms with Crippen molar-refractivity contribution in [1.82, 2.24) is 4.98 Å². The molecule has 28 heavy (non-hydrogen) atoms. The number of aromatic nitrogens is 1. The van der Waals surface area contributed by atoms with Crippen molar-refractivity contribution in [2.45, 2.75) is 23.7 Å². The number of rotatable bonds is 5. The molecule has 152 valence electrons. The monoisotopic (exact) mass is 417 g/mol. The molecule has 1 aromatic heterocycles. The van der Waals surface area contributed by atoms with Gasteiger partial charge in [-0.3, -0.25) is 0 Å². The molecule has 3 rings (SSSR count). The maximum absolute atomic E-state index is 13.5. The van der Waals surface area contributed by atoms with Crippen molar-refractivity contribution in [2.75, 3.05) is 29.9 Å². The molecular formula is C18H19F4N3O2S. The Morgan fingerprint density at radius 3 is 2.68 bits per heavy atom. The van der Waals surface area contributed by atoms with Crippen LogP contribution in [0.4, 0.5) is 29.1 Å². The zero-order chi connectivity index (χ0) is 20.5. The summed E-state index contributed by atoms with van der Waals surface area (Å²) in [6.45, 7) is 3.12. The van der Waals surface area contributed by atoms with Crippen LogP contribution in [0.3, 0.4) is 0 Å². The fourth-order valence-corrected chi connectivity index (χ4v) is 4.19. The largest absolute Gasteiger partial charge is 0.501 e. The molecule has 1 aromatic carbocycles. The zero-order valence-corrected chi connectivity index (χ0v) is 15.8. The van der Waals surface area contributed by atoms with E-state index in [2.05, 4.69) is 10.3 Å². The van der Waals surface area contributed by atoms with Gasteiger partial charge in [-0.15, -0.1) is 0 Å². The Labute approximate surface area is 160 Å². The molecule has 1 atom stereocenters. The molecule has 0 aliphatic carbocycles. The van der Waals surface area contributed by atoms with Gasteiger partial charge in [-0.2, -0.15) is 13.2 Å². The minimum absolute atomic E-state index is 0.0776. The van der Waals surface area contributed by atoms with Crippen LogP contribution in [0.5, 0.6) is 0 Å². The first kappa shape index (κ1) is 20.4. The molecule has 1 aliphatic rings. The van der Waals surface area contributed by atoms with E-state index >= 15 is 0 Å². The first-order chi connectivity index (χ1) is 13.1. The van der Waals surface area contributed by atoms with Crippen molar-refractivity contribution in [3.05, 3.63) is 47.9 Å². The number of alkyl halides is 3. The number of aryl methyl sites for hydroxylation is 1. The molecular weight excluding hydrogens is 398 g/mol. The topological polar surface area (TPSA) is 62.3 Å². The number of halogens is 4. The lowest BCUT2D eigenvalue weighted by molar-refractivity contribution is -0.0435. The lowest BCUT2D eigenvalue weighted by Crippen LogP contribution is -2.28. The molecule has 1 unspecified atom stereocenters. The summed E-state index contributed by atoms with van der Waals surface area (Å²) in [5.74, 6) is -0.260. The van der Waals surface area contributed by atoms with Crippen LogP contribution in [-0.2, 0) is 9.84 Å². The van der Waals surface area contributed by atoms with E-state index in [0.717, 1.165) is 17.8 Å². The molecule has 10 heteroatoms. The lowest BCUT2D eigenvalue weighted by Gasteiger charge is -2.23. The molecule has 0 bridgehead atoms. The molecule has 0 spiro atoms. The third kappa shape index (κ3) is 4.21. The average Bonchev–Trinajstić information content (AvgIpc) is 3.08. The van der Waals surface area contributed by atoms with Gasteiger partial charge in [0.1, 0.15) is 16.5 Å². The number of hydrogen-bond donors (Lipinski definition) is 1. The second-order valence-corrected chi connectivity index (χ2v) is 8.62. The summed E-state index contributed by atoms with van der Waals surface area (Å²) in [5, 5.41) is 3.18. The molecule has 5 nitrogen and oxygen atoms in total. The summed E-state index contributed by atoms with van der Waals surface area (Å²) in [5.41, 5.74) is -4.77. The predicted octanol–water partition coefficient (Wildman–Crippen LogP) is 3.76. The summed E-state index contributed by atoms with van der Waals surface area (Å²) in [4.78, 5) is 4.83. The quantitative estimate of drug-likeness (QED) is 0.751. The van der Waals surface area contributed by atoms with Gasteiger partial charge in [-0.1, -0.05) is 6.07 Å². The van der Waals surface area contributed by atoms with E-state index in [1.54, 1.807) is 4.90 Å².